The van der Waals surface area contributed by atoms with Gasteiger partial charge in [0, 0.05) is 23.7 Å². The Morgan fingerprint density at radius 2 is 1.73 bits per heavy atom. The lowest BCUT2D eigenvalue weighted by Crippen LogP contribution is -2.40. The maximum absolute atomic E-state index is 12.9. The van der Waals surface area contributed by atoms with Crippen LogP contribution in [0.2, 0.25) is 5.02 Å². The Kier molecular flexibility index (Phi) is 6.75. The summed E-state index contributed by atoms with van der Waals surface area (Å²) in [5, 5.41) is 10.1. The van der Waals surface area contributed by atoms with Crippen molar-refractivity contribution in [2.75, 3.05) is 13.1 Å². The standard InChI is InChI=1S/C23H25ClN4OS/c1-17(22(29)27-14-6-3-7-15-27)30-23-26-25-21(19-10-12-20(24)13-11-19)28(23)16-18-8-4-2-5-9-18/h2,4-5,8-13,17H,3,6-7,14-16H2,1H3. The molecule has 3 aromatic rings. The van der Waals surface area contributed by atoms with Crippen molar-refractivity contribution >= 4 is 29.3 Å². The Balaban J connectivity index is 1.61. The van der Waals surface area contributed by atoms with Crippen LogP contribution in [0.1, 0.15) is 31.7 Å². The molecule has 1 aromatic heterocycles. The molecule has 1 amide bonds. The van der Waals surface area contributed by atoms with Crippen LogP contribution in [0.25, 0.3) is 11.4 Å². The summed E-state index contributed by atoms with van der Waals surface area (Å²) in [7, 11) is 0. The molecule has 5 nitrogen and oxygen atoms in total. The van der Waals surface area contributed by atoms with Crippen molar-refractivity contribution in [3.8, 4) is 11.4 Å². The highest BCUT2D eigenvalue weighted by Crippen LogP contribution is 2.29. The number of amides is 1. The molecule has 2 aromatic carbocycles. The highest BCUT2D eigenvalue weighted by atomic mass is 35.5. The highest BCUT2D eigenvalue weighted by molar-refractivity contribution is 8.00. The molecule has 1 aliphatic rings. The lowest BCUT2D eigenvalue weighted by molar-refractivity contribution is -0.131. The van der Waals surface area contributed by atoms with Crippen LogP contribution in [-0.2, 0) is 11.3 Å². The van der Waals surface area contributed by atoms with Crippen LogP contribution in [-0.4, -0.2) is 43.9 Å². The van der Waals surface area contributed by atoms with Crippen molar-refractivity contribution in [2.45, 2.75) is 43.1 Å². The summed E-state index contributed by atoms with van der Waals surface area (Å²) in [6.07, 6.45) is 3.39. The number of carbonyl (C=O) groups is 1. The van der Waals surface area contributed by atoms with Gasteiger partial charge in [0.1, 0.15) is 0 Å². The van der Waals surface area contributed by atoms with E-state index >= 15 is 0 Å². The second kappa shape index (κ2) is 9.67. The summed E-state index contributed by atoms with van der Waals surface area (Å²) in [5.41, 5.74) is 2.11. The number of aromatic nitrogens is 3. The van der Waals surface area contributed by atoms with Crippen LogP contribution in [0.5, 0.6) is 0 Å². The van der Waals surface area contributed by atoms with Crippen LogP contribution < -0.4 is 0 Å². The molecule has 0 aliphatic carbocycles. The summed E-state index contributed by atoms with van der Waals surface area (Å²) in [5.74, 6) is 0.956. The number of hydrogen-bond donors (Lipinski definition) is 0. The third kappa shape index (κ3) is 4.87. The van der Waals surface area contributed by atoms with Crippen LogP contribution in [0.3, 0.4) is 0 Å². The molecule has 0 bridgehead atoms. The maximum atomic E-state index is 12.9. The zero-order valence-corrected chi connectivity index (χ0v) is 18.6. The average Bonchev–Trinajstić information content (AvgIpc) is 3.17. The molecule has 4 rings (SSSR count). The highest BCUT2D eigenvalue weighted by Gasteiger charge is 2.25. The Bertz CT molecular complexity index is 984. The zero-order chi connectivity index (χ0) is 20.9. The van der Waals surface area contributed by atoms with E-state index in [1.807, 2.05) is 54.3 Å². The second-order valence-corrected chi connectivity index (χ2v) is 9.28. The van der Waals surface area contributed by atoms with Gasteiger partial charge in [-0.15, -0.1) is 10.2 Å². The Morgan fingerprint density at radius 3 is 2.43 bits per heavy atom. The Morgan fingerprint density at radius 1 is 1.03 bits per heavy atom. The van der Waals surface area contributed by atoms with E-state index < -0.39 is 0 Å². The summed E-state index contributed by atoms with van der Waals surface area (Å²) >= 11 is 7.54. The van der Waals surface area contributed by atoms with Gasteiger partial charge in [-0.25, -0.2) is 0 Å². The van der Waals surface area contributed by atoms with E-state index in [4.69, 9.17) is 11.6 Å². The molecule has 7 heteroatoms. The smallest absolute Gasteiger partial charge is 0.235 e. The van der Waals surface area contributed by atoms with Gasteiger partial charge in [0.2, 0.25) is 5.91 Å². The van der Waals surface area contributed by atoms with Gasteiger partial charge in [0.15, 0.2) is 11.0 Å². The third-order valence-electron chi connectivity index (χ3n) is 5.30. The number of thioether (sulfide) groups is 1. The fourth-order valence-corrected chi connectivity index (χ4v) is 4.74. The van der Waals surface area contributed by atoms with Gasteiger partial charge in [-0.05, 0) is 56.0 Å². The summed E-state index contributed by atoms with van der Waals surface area (Å²) < 4.78 is 2.09. The largest absolute Gasteiger partial charge is 0.342 e. The molecule has 1 aliphatic heterocycles. The number of nitrogens with zero attached hydrogens (tertiary/aromatic N) is 4. The van der Waals surface area contributed by atoms with Crippen LogP contribution in [0.15, 0.2) is 59.8 Å². The molecular formula is C23H25ClN4OS. The van der Waals surface area contributed by atoms with Crippen molar-refractivity contribution in [2.24, 2.45) is 0 Å². The van der Waals surface area contributed by atoms with Crippen molar-refractivity contribution in [3.05, 3.63) is 65.2 Å². The summed E-state index contributed by atoms with van der Waals surface area (Å²) in [4.78, 5) is 14.9. The topological polar surface area (TPSA) is 51.0 Å². The van der Waals surface area contributed by atoms with Gasteiger partial charge in [-0.3, -0.25) is 9.36 Å². The molecule has 156 valence electrons. The second-order valence-electron chi connectivity index (χ2n) is 7.53. The normalized spacial score (nSPS) is 15.2. The van der Waals surface area contributed by atoms with Crippen LogP contribution in [0.4, 0.5) is 0 Å². The Labute approximate surface area is 186 Å². The van der Waals surface area contributed by atoms with Crippen molar-refractivity contribution < 1.29 is 4.79 Å². The minimum absolute atomic E-state index is 0.182. The van der Waals surface area contributed by atoms with Gasteiger partial charge in [-0.1, -0.05) is 53.7 Å². The molecule has 0 saturated carbocycles. The number of hydrogen-bond acceptors (Lipinski definition) is 4. The molecule has 0 radical (unpaired) electrons. The first-order valence-corrected chi connectivity index (χ1v) is 11.6. The van der Waals surface area contributed by atoms with E-state index in [-0.39, 0.29) is 11.2 Å². The van der Waals surface area contributed by atoms with Crippen molar-refractivity contribution in [1.29, 1.82) is 0 Å². The predicted octanol–water partition coefficient (Wildman–Crippen LogP) is 5.14. The lowest BCUT2D eigenvalue weighted by atomic mass is 10.1. The van der Waals surface area contributed by atoms with Crippen molar-refractivity contribution in [3.63, 3.8) is 0 Å². The monoisotopic (exact) mass is 440 g/mol. The van der Waals surface area contributed by atoms with E-state index in [2.05, 4.69) is 26.9 Å². The molecule has 2 heterocycles. The number of carbonyl (C=O) groups excluding carboxylic acids is 1. The van der Waals surface area contributed by atoms with Crippen LogP contribution >= 0.6 is 23.4 Å². The fourth-order valence-electron chi connectivity index (χ4n) is 3.68. The number of rotatable bonds is 6. The maximum Gasteiger partial charge on any atom is 0.235 e. The SMILES string of the molecule is CC(Sc1nnc(-c2ccc(Cl)cc2)n1Cc1ccccc1)C(=O)N1CCCCC1. The first kappa shape index (κ1) is 20.9. The first-order chi connectivity index (χ1) is 14.6. The summed E-state index contributed by atoms with van der Waals surface area (Å²) in [6.45, 7) is 4.32. The van der Waals surface area contributed by atoms with E-state index in [1.165, 1.54) is 18.2 Å². The summed E-state index contributed by atoms with van der Waals surface area (Å²) in [6, 6.07) is 17.8. The number of halogens is 1. The third-order valence-corrected chi connectivity index (χ3v) is 6.62. The number of piperidine rings is 1. The average molecular weight is 441 g/mol. The molecule has 1 saturated heterocycles. The molecular weight excluding hydrogens is 416 g/mol. The zero-order valence-electron chi connectivity index (χ0n) is 17.0. The number of likely N-dealkylation sites (tertiary alicyclic amines) is 1. The first-order valence-electron chi connectivity index (χ1n) is 10.3. The van der Waals surface area contributed by atoms with Gasteiger partial charge in [0.25, 0.3) is 0 Å². The predicted molar refractivity (Wildman–Crippen MR) is 122 cm³/mol. The van der Waals surface area contributed by atoms with E-state index in [1.54, 1.807) is 0 Å². The minimum Gasteiger partial charge on any atom is -0.342 e. The Hall–Kier alpha value is -2.31. The molecule has 1 atom stereocenters. The van der Waals surface area contributed by atoms with Gasteiger partial charge in [-0.2, -0.15) is 0 Å². The minimum atomic E-state index is -0.208. The quantitative estimate of drug-likeness (QED) is 0.498. The fraction of sp³-hybridized carbons (Fsp3) is 0.348. The van der Waals surface area contributed by atoms with Crippen LogP contribution in [0, 0.1) is 0 Å². The molecule has 30 heavy (non-hydrogen) atoms. The number of benzene rings is 2. The van der Waals surface area contributed by atoms with Gasteiger partial charge < -0.3 is 4.90 Å². The van der Waals surface area contributed by atoms with E-state index in [0.717, 1.165) is 48.0 Å². The molecule has 0 spiro atoms. The van der Waals surface area contributed by atoms with Gasteiger partial charge in [0.05, 0.1) is 11.8 Å². The van der Waals surface area contributed by atoms with Gasteiger partial charge >= 0.3 is 0 Å². The van der Waals surface area contributed by atoms with E-state index in [9.17, 15) is 4.79 Å². The molecule has 0 N–H and O–H groups in total. The molecule has 1 unspecified atom stereocenters. The van der Waals surface area contributed by atoms with E-state index in [0.29, 0.717) is 11.6 Å². The molecule has 1 fully saturated rings. The lowest BCUT2D eigenvalue weighted by Gasteiger charge is -2.28. The van der Waals surface area contributed by atoms with Crippen molar-refractivity contribution in [1.82, 2.24) is 19.7 Å².